The zero-order valence-electron chi connectivity index (χ0n) is 13.3. The fourth-order valence-electron chi connectivity index (χ4n) is 2.62. The molecule has 0 aliphatic carbocycles. The quantitative estimate of drug-likeness (QED) is 0.772. The maximum absolute atomic E-state index is 6.28. The van der Waals surface area contributed by atoms with E-state index in [0.29, 0.717) is 5.92 Å². The molecule has 1 N–H and O–H groups in total. The molecule has 0 aliphatic heterocycles. The van der Waals surface area contributed by atoms with E-state index >= 15 is 0 Å². The highest BCUT2D eigenvalue weighted by atomic mass is 35.5. The van der Waals surface area contributed by atoms with Crippen molar-refractivity contribution in [2.75, 3.05) is 6.54 Å². The Bertz CT molecular complexity index is 587. The van der Waals surface area contributed by atoms with E-state index in [-0.39, 0.29) is 6.04 Å². The minimum atomic E-state index is 0.190. The van der Waals surface area contributed by atoms with Crippen LogP contribution in [0, 0.1) is 6.92 Å². The Hall–Kier alpha value is -1.31. The summed E-state index contributed by atoms with van der Waals surface area (Å²) in [5.74, 6) is 0.560. The van der Waals surface area contributed by atoms with Crippen LogP contribution in [0.5, 0.6) is 0 Å². The van der Waals surface area contributed by atoms with Gasteiger partial charge in [0.05, 0.1) is 6.04 Å². The lowest BCUT2D eigenvalue weighted by molar-refractivity contribution is 0.627. The highest BCUT2D eigenvalue weighted by molar-refractivity contribution is 6.31. The van der Waals surface area contributed by atoms with Gasteiger partial charge in [-0.1, -0.05) is 68.8 Å². The molecular weight excluding hydrogens is 278 g/mol. The van der Waals surface area contributed by atoms with Crippen molar-refractivity contribution >= 4 is 11.6 Å². The van der Waals surface area contributed by atoms with Crippen LogP contribution in [0.4, 0.5) is 0 Å². The number of halogens is 1. The first-order valence-electron chi connectivity index (χ1n) is 7.62. The van der Waals surface area contributed by atoms with Crippen LogP contribution in [0.2, 0.25) is 5.02 Å². The van der Waals surface area contributed by atoms with Gasteiger partial charge in [0.1, 0.15) is 0 Å². The van der Waals surface area contributed by atoms with Crippen molar-refractivity contribution in [2.24, 2.45) is 0 Å². The molecule has 112 valence electrons. The molecule has 0 radical (unpaired) electrons. The molecule has 2 aromatic rings. The number of nitrogens with one attached hydrogen (secondary N) is 1. The third kappa shape index (κ3) is 3.66. The summed E-state index contributed by atoms with van der Waals surface area (Å²) in [5, 5.41) is 4.40. The van der Waals surface area contributed by atoms with Gasteiger partial charge in [-0.3, -0.25) is 0 Å². The standard InChI is InChI=1S/C19H24ClN/c1-5-21-19(17-7-6-8-18(20)14(17)4)16-11-9-15(10-12-16)13(2)3/h6-13,19,21H,5H2,1-4H3. The molecule has 2 aromatic carbocycles. The second kappa shape index (κ2) is 7.11. The van der Waals surface area contributed by atoms with E-state index in [9.17, 15) is 0 Å². The first kappa shape index (κ1) is 16.1. The Labute approximate surface area is 133 Å². The van der Waals surface area contributed by atoms with Crippen LogP contribution in [-0.4, -0.2) is 6.54 Å². The second-order valence-corrected chi connectivity index (χ2v) is 6.17. The molecular formula is C19H24ClN. The van der Waals surface area contributed by atoms with Crippen LogP contribution in [0.1, 0.15) is 55.0 Å². The first-order valence-corrected chi connectivity index (χ1v) is 8.00. The van der Waals surface area contributed by atoms with Gasteiger partial charge in [-0.15, -0.1) is 0 Å². The number of benzene rings is 2. The Morgan fingerprint density at radius 1 is 1.00 bits per heavy atom. The average Bonchev–Trinajstić information content (AvgIpc) is 2.48. The van der Waals surface area contributed by atoms with E-state index in [0.717, 1.165) is 17.1 Å². The molecule has 0 aliphatic rings. The van der Waals surface area contributed by atoms with Gasteiger partial charge in [0.15, 0.2) is 0 Å². The van der Waals surface area contributed by atoms with Gasteiger partial charge in [0.2, 0.25) is 0 Å². The van der Waals surface area contributed by atoms with Crippen molar-refractivity contribution in [2.45, 2.75) is 39.7 Å². The fourth-order valence-corrected chi connectivity index (χ4v) is 2.80. The number of hydrogen-bond acceptors (Lipinski definition) is 1. The first-order chi connectivity index (χ1) is 10.0. The van der Waals surface area contributed by atoms with Crippen LogP contribution in [0.15, 0.2) is 42.5 Å². The molecule has 0 aromatic heterocycles. The monoisotopic (exact) mass is 301 g/mol. The van der Waals surface area contributed by atoms with Gasteiger partial charge in [0.25, 0.3) is 0 Å². The average molecular weight is 302 g/mol. The third-order valence-electron chi connectivity index (χ3n) is 3.97. The summed E-state index contributed by atoms with van der Waals surface area (Å²) in [7, 11) is 0. The van der Waals surface area contributed by atoms with Crippen molar-refractivity contribution in [1.29, 1.82) is 0 Å². The molecule has 0 amide bonds. The van der Waals surface area contributed by atoms with E-state index in [1.807, 2.05) is 12.1 Å². The predicted octanol–water partition coefficient (Wildman–Crippen LogP) is 5.47. The summed E-state index contributed by atoms with van der Waals surface area (Å²) in [4.78, 5) is 0. The summed E-state index contributed by atoms with van der Waals surface area (Å²) in [6.45, 7) is 9.58. The summed E-state index contributed by atoms with van der Waals surface area (Å²) in [6.07, 6.45) is 0. The lowest BCUT2D eigenvalue weighted by atomic mass is 9.93. The zero-order chi connectivity index (χ0) is 15.4. The molecule has 0 saturated heterocycles. The highest BCUT2D eigenvalue weighted by Gasteiger charge is 2.16. The van der Waals surface area contributed by atoms with E-state index in [1.165, 1.54) is 16.7 Å². The molecule has 0 saturated carbocycles. The van der Waals surface area contributed by atoms with Crippen LogP contribution < -0.4 is 5.32 Å². The van der Waals surface area contributed by atoms with Gasteiger partial charge >= 0.3 is 0 Å². The lowest BCUT2D eigenvalue weighted by Gasteiger charge is -2.22. The van der Waals surface area contributed by atoms with E-state index < -0.39 is 0 Å². The normalized spacial score (nSPS) is 12.7. The summed E-state index contributed by atoms with van der Waals surface area (Å²) >= 11 is 6.28. The molecule has 2 rings (SSSR count). The van der Waals surface area contributed by atoms with Gasteiger partial charge in [-0.05, 0) is 47.7 Å². The molecule has 1 atom stereocenters. The van der Waals surface area contributed by atoms with Crippen molar-refractivity contribution in [3.8, 4) is 0 Å². The summed E-state index contributed by atoms with van der Waals surface area (Å²) < 4.78 is 0. The van der Waals surface area contributed by atoms with Crippen molar-refractivity contribution in [3.63, 3.8) is 0 Å². The smallest absolute Gasteiger partial charge is 0.0579 e. The van der Waals surface area contributed by atoms with Crippen LogP contribution in [0.25, 0.3) is 0 Å². The van der Waals surface area contributed by atoms with Crippen molar-refractivity contribution in [1.82, 2.24) is 5.32 Å². The Morgan fingerprint density at radius 2 is 1.62 bits per heavy atom. The largest absolute Gasteiger partial charge is 0.307 e. The Balaban J connectivity index is 2.41. The van der Waals surface area contributed by atoms with E-state index in [2.05, 4.69) is 63.3 Å². The molecule has 0 heterocycles. The van der Waals surface area contributed by atoms with Crippen LogP contribution in [-0.2, 0) is 0 Å². The molecule has 2 heteroatoms. The molecule has 21 heavy (non-hydrogen) atoms. The molecule has 0 spiro atoms. The molecule has 0 fully saturated rings. The predicted molar refractivity (Wildman–Crippen MR) is 92.2 cm³/mol. The second-order valence-electron chi connectivity index (χ2n) is 5.77. The van der Waals surface area contributed by atoms with Crippen LogP contribution >= 0.6 is 11.6 Å². The molecule has 0 bridgehead atoms. The van der Waals surface area contributed by atoms with Gasteiger partial charge in [-0.2, -0.15) is 0 Å². The summed E-state index contributed by atoms with van der Waals surface area (Å²) in [5.41, 5.74) is 5.06. The Morgan fingerprint density at radius 3 is 2.19 bits per heavy atom. The molecule has 1 nitrogen and oxygen atoms in total. The minimum absolute atomic E-state index is 0.190. The third-order valence-corrected chi connectivity index (χ3v) is 4.37. The van der Waals surface area contributed by atoms with E-state index in [1.54, 1.807) is 0 Å². The van der Waals surface area contributed by atoms with E-state index in [4.69, 9.17) is 11.6 Å². The van der Waals surface area contributed by atoms with Crippen LogP contribution in [0.3, 0.4) is 0 Å². The Kier molecular flexibility index (Phi) is 5.44. The topological polar surface area (TPSA) is 12.0 Å². The number of hydrogen-bond donors (Lipinski definition) is 1. The SMILES string of the molecule is CCNC(c1ccc(C(C)C)cc1)c1cccc(Cl)c1C. The number of rotatable bonds is 5. The minimum Gasteiger partial charge on any atom is -0.307 e. The molecule has 1 unspecified atom stereocenters. The highest BCUT2D eigenvalue weighted by Crippen LogP contribution is 2.29. The maximum atomic E-state index is 6.28. The lowest BCUT2D eigenvalue weighted by Crippen LogP contribution is -2.22. The summed E-state index contributed by atoms with van der Waals surface area (Å²) in [6, 6.07) is 15.2. The fraction of sp³-hybridized carbons (Fsp3) is 0.368. The van der Waals surface area contributed by atoms with Crippen molar-refractivity contribution < 1.29 is 0 Å². The van der Waals surface area contributed by atoms with Gasteiger partial charge < -0.3 is 5.32 Å². The van der Waals surface area contributed by atoms with Gasteiger partial charge in [-0.25, -0.2) is 0 Å². The maximum Gasteiger partial charge on any atom is 0.0579 e. The zero-order valence-corrected chi connectivity index (χ0v) is 14.0. The van der Waals surface area contributed by atoms with Gasteiger partial charge in [0, 0.05) is 5.02 Å². The van der Waals surface area contributed by atoms with Crippen molar-refractivity contribution in [3.05, 3.63) is 69.7 Å².